The van der Waals surface area contributed by atoms with Gasteiger partial charge in [0.25, 0.3) is 0 Å². The average Bonchev–Trinajstić information content (AvgIpc) is 2.46. The maximum atomic E-state index is 11.7. The van der Waals surface area contributed by atoms with Crippen molar-refractivity contribution in [2.75, 3.05) is 0 Å². The Bertz CT molecular complexity index is 592. The van der Waals surface area contributed by atoms with E-state index in [1.54, 1.807) is 30.5 Å². The van der Waals surface area contributed by atoms with Crippen LogP contribution in [0.5, 0.6) is 0 Å². The molecule has 0 radical (unpaired) electrons. The predicted molar refractivity (Wildman–Crippen MR) is 70.3 cm³/mol. The largest absolute Gasteiger partial charge is 0.375 e. The third-order valence-electron chi connectivity index (χ3n) is 2.50. The van der Waals surface area contributed by atoms with Gasteiger partial charge in [-0.2, -0.15) is 0 Å². The Morgan fingerprint density at radius 2 is 1.95 bits per heavy atom. The van der Waals surface area contributed by atoms with Gasteiger partial charge in [-0.15, -0.1) is 0 Å². The fourth-order valence-electron chi connectivity index (χ4n) is 1.43. The number of amidine groups is 1. The Kier molecular flexibility index (Phi) is 3.87. The number of aryl methyl sites for hydroxylation is 1. The van der Waals surface area contributed by atoms with E-state index >= 15 is 0 Å². The summed E-state index contributed by atoms with van der Waals surface area (Å²) in [6.45, 7) is 1.94. The minimum absolute atomic E-state index is 0.112. The number of benzene rings is 1. The predicted octanol–water partition coefficient (Wildman–Crippen LogP) is 1.29. The van der Waals surface area contributed by atoms with E-state index in [2.05, 4.69) is 10.1 Å². The number of hydrogen-bond acceptors (Lipinski definition) is 3. The number of hydrogen-bond donors (Lipinski definition) is 1. The van der Waals surface area contributed by atoms with Crippen molar-refractivity contribution >= 4 is 11.8 Å². The maximum Gasteiger partial charge on any atom is 0.365 e. The van der Waals surface area contributed by atoms with Crippen LogP contribution in [0.4, 0.5) is 0 Å². The highest BCUT2D eigenvalue weighted by atomic mass is 16.7. The maximum absolute atomic E-state index is 11.7. The summed E-state index contributed by atoms with van der Waals surface area (Å²) >= 11 is 0. The van der Waals surface area contributed by atoms with Crippen LogP contribution in [-0.2, 0) is 4.84 Å². The molecular weight excluding hydrogens is 242 g/mol. The van der Waals surface area contributed by atoms with Crippen LogP contribution in [0.3, 0.4) is 0 Å². The molecule has 96 valence electrons. The van der Waals surface area contributed by atoms with Gasteiger partial charge in [-0.3, -0.25) is 0 Å². The van der Waals surface area contributed by atoms with Crippen molar-refractivity contribution in [1.82, 2.24) is 0 Å². The zero-order valence-electron chi connectivity index (χ0n) is 10.5. The number of rotatable bonds is 3. The number of oxime groups is 1. The van der Waals surface area contributed by atoms with E-state index in [-0.39, 0.29) is 5.84 Å². The Labute approximate surface area is 110 Å². The van der Waals surface area contributed by atoms with Crippen molar-refractivity contribution < 1.29 is 14.6 Å². The molecule has 0 fully saturated rings. The molecule has 0 spiro atoms. The monoisotopic (exact) mass is 256 g/mol. The van der Waals surface area contributed by atoms with Gasteiger partial charge >= 0.3 is 5.97 Å². The zero-order valence-corrected chi connectivity index (χ0v) is 10.5. The zero-order chi connectivity index (χ0) is 13.7. The van der Waals surface area contributed by atoms with E-state index in [1.807, 2.05) is 25.1 Å². The van der Waals surface area contributed by atoms with Crippen molar-refractivity contribution in [3.05, 3.63) is 65.5 Å². The number of nitrogens with two attached hydrogens (primary N) is 1. The fraction of sp³-hybridized carbons (Fsp3) is 0.0714. The van der Waals surface area contributed by atoms with Gasteiger partial charge in [0.2, 0.25) is 11.5 Å². The molecule has 5 nitrogen and oxygen atoms in total. The molecule has 0 aliphatic carbocycles. The van der Waals surface area contributed by atoms with Gasteiger partial charge in [0.05, 0.1) is 5.56 Å². The number of nitrogens with one attached hydrogen (secondary N) is 1. The third-order valence-corrected chi connectivity index (χ3v) is 2.50. The molecule has 0 unspecified atom stereocenters. The summed E-state index contributed by atoms with van der Waals surface area (Å²) in [5.41, 5.74) is 7.77. The van der Waals surface area contributed by atoms with Gasteiger partial charge in [0.15, 0.2) is 6.20 Å². The lowest BCUT2D eigenvalue weighted by atomic mass is 10.2. The average molecular weight is 256 g/mol. The van der Waals surface area contributed by atoms with E-state index in [4.69, 9.17) is 10.6 Å². The van der Waals surface area contributed by atoms with Crippen LogP contribution in [0.15, 0.2) is 53.8 Å². The van der Waals surface area contributed by atoms with Gasteiger partial charge in [-0.1, -0.05) is 22.9 Å². The second-order valence-electron chi connectivity index (χ2n) is 4.00. The summed E-state index contributed by atoms with van der Waals surface area (Å²) in [5.74, 6) is -0.431. The standard InChI is InChI=1S/C14H13N3O2/c1-10-5-7-11(8-6-10)14(18)19-17-13(15)12-4-2-3-9-16-12/h2-9H,1H3,(H2,15,17)/p+1. The first-order chi connectivity index (χ1) is 9.16. The lowest BCUT2D eigenvalue weighted by Crippen LogP contribution is -2.24. The third kappa shape index (κ3) is 3.38. The molecule has 0 bridgehead atoms. The van der Waals surface area contributed by atoms with Gasteiger partial charge in [-0.25, -0.2) is 9.78 Å². The molecule has 0 saturated carbocycles. The number of carbonyl (C=O) groups excluding carboxylic acids is 1. The van der Waals surface area contributed by atoms with Gasteiger partial charge in [0.1, 0.15) is 0 Å². The van der Waals surface area contributed by atoms with Crippen LogP contribution in [0, 0.1) is 6.92 Å². The van der Waals surface area contributed by atoms with Crippen molar-refractivity contribution in [3.8, 4) is 0 Å². The van der Waals surface area contributed by atoms with Crippen molar-refractivity contribution in [2.24, 2.45) is 10.9 Å². The van der Waals surface area contributed by atoms with E-state index < -0.39 is 5.97 Å². The molecular formula is C14H14N3O2+. The minimum Gasteiger partial charge on any atom is -0.375 e. The SMILES string of the molecule is Cc1ccc(C(=O)ON=C(N)c2cccc[nH+]2)cc1. The molecule has 1 aromatic heterocycles. The Morgan fingerprint density at radius 1 is 1.21 bits per heavy atom. The summed E-state index contributed by atoms with van der Waals surface area (Å²) in [6, 6.07) is 12.4. The first kappa shape index (κ1) is 12.8. The van der Waals surface area contributed by atoms with E-state index in [0.717, 1.165) is 5.56 Å². The first-order valence-electron chi connectivity index (χ1n) is 5.75. The summed E-state index contributed by atoms with van der Waals surface area (Å²) in [5, 5.41) is 3.61. The molecule has 0 atom stereocenters. The van der Waals surface area contributed by atoms with Gasteiger partial charge in [-0.05, 0) is 25.1 Å². The molecule has 0 amide bonds. The Hall–Kier alpha value is -2.69. The second kappa shape index (κ2) is 5.77. The molecule has 0 aliphatic heterocycles. The van der Waals surface area contributed by atoms with Gasteiger partial charge in [0, 0.05) is 12.1 Å². The normalized spacial score (nSPS) is 11.1. The topological polar surface area (TPSA) is 78.8 Å². The molecule has 2 rings (SSSR count). The fourth-order valence-corrected chi connectivity index (χ4v) is 1.43. The number of aromatic nitrogens is 1. The van der Waals surface area contributed by atoms with E-state index in [1.165, 1.54) is 0 Å². The van der Waals surface area contributed by atoms with Crippen molar-refractivity contribution in [2.45, 2.75) is 6.92 Å². The lowest BCUT2D eigenvalue weighted by molar-refractivity contribution is -0.380. The molecule has 1 heterocycles. The smallest absolute Gasteiger partial charge is 0.365 e. The highest BCUT2D eigenvalue weighted by Crippen LogP contribution is 2.05. The molecule has 3 N–H and O–H groups in total. The Morgan fingerprint density at radius 3 is 2.58 bits per heavy atom. The molecule has 2 aromatic rings. The minimum atomic E-state index is -0.543. The van der Waals surface area contributed by atoms with Crippen LogP contribution >= 0.6 is 0 Å². The number of pyridine rings is 1. The van der Waals surface area contributed by atoms with Crippen LogP contribution in [0.2, 0.25) is 0 Å². The first-order valence-corrected chi connectivity index (χ1v) is 5.75. The summed E-state index contributed by atoms with van der Waals surface area (Å²) in [7, 11) is 0. The second-order valence-corrected chi connectivity index (χ2v) is 4.00. The highest BCUT2D eigenvalue weighted by molar-refractivity contribution is 5.95. The Balaban J connectivity index is 2.06. The molecule has 0 aliphatic rings. The van der Waals surface area contributed by atoms with Crippen molar-refractivity contribution in [3.63, 3.8) is 0 Å². The number of aromatic amines is 1. The van der Waals surface area contributed by atoms with Gasteiger partial charge < -0.3 is 10.6 Å². The van der Waals surface area contributed by atoms with E-state index in [9.17, 15) is 4.79 Å². The number of nitrogens with zero attached hydrogens (tertiary/aromatic N) is 1. The van der Waals surface area contributed by atoms with Crippen molar-refractivity contribution in [1.29, 1.82) is 0 Å². The van der Waals surface area contributed by atoms with E-state index in [0.29, 0.717) is 11.3 Å². The number of H-pyrrole nitrogens is 1. The highest BCUT2D eigenvalue weighted by Gasteiger charge is 2.09. The molecule has 5 heteroatoms. The quantitative estimate of drug-likeness (QED) is 0.389. The molecule has 1 aromatic carbocycles. The molecule has 19 heavy (non-hydrogen) atoms. The summed E-state index contributed by atoms with van der Waals surface area (Å²) in [4.78, 5) is 19.4. The number of carbonyl (C=O) groups is 1. The lowest BCUT2D eigenvalue weighted by Gasteiger charge is -1.99. The summed E-state index contributed by atoms with van der Waals surface area (Å²) < 4.78 is 0. The van der Waals surface area contributed by atoms with Crippen LogP contribution in [0.25, 0.3) is 0 Å². The van der Waals surface area contributed by atoms with Crippen LogP contribution in [0.1, 0.15) is 21.6 Å². The molecule has 0 saturated heterocycles. The van der Waals surface area contributed by atoms with Crippen LogP contribution in [-0.4, -0.2) is 11.8 Å². The summed E-state index contributed by atoms with van der Waals surface area (Å²) in [6.07, 6.45) is 1.71. The van der Waals surface area contributed by atoms with Crippen LogP contribution < -0.4 is 10.7 Å².